The van der Waals surface area contributed by atoms with Crippen molar-refractivity contribution in [3.8, 4) is 0 Å². The summed E-state index contributed by atoms with van der Waals surface area (Å²) in [6.07, 6.45) is -2.85. The van der Waals surface area contributed by atoms with E-state index in [4.69, 9.17) is 0 Å². The lowest BCUT2D eigenvalue weighted by atomic mass is 10.0. The Morgan fingerprint density at radius 3 is 2.74 bits per heavy atom. The summed E-state index contributed by atoms with van der Waals surface area (Å²) in [5, 5.41) is 9.44. The number of aliphatic hydroxyl groups excluding tert-OH is 1. The average Bonchev–Trinajstić information content (AvgIpc) is 2.92. The minimum Gasteiger partial charge on any atom is -0.396 e. The van der Waals surface area contributed by atoms with Crippen LogP contribution in [0.25, 0.3) is 0 Å². The van der Waals surface area contributed by atoms with Crippen LogP contribution in [0.15, 0.2) is 42.7 Å². The van der Waals surface area contributed by atoms with E-state index in [1.807, 2.05) is 0 Å². The predicted octanol–water partition coefficient (Wildman–Crippen LogP) is 2.84. The van der Waals surface area contributed by atoms with E-state index in [0.717, 1.165) is 17.8 Å². The van der Waals surface area contributed by atoms with Crippen molar-refractivity contribution in [3.05, 3.63) is 59.4 Å². The zero-order valence-corrected chi connectivity index (χ0v) is 11.9. The molecule has 0 fully saturated rings. The van der Waals surface area contributed by atoms with Crippen molar-refractivity contribution < 1.29 is 23.1 Å². The summed E-state index contributed by atoms with van der Waals surface area (Å²) in [4.78, 5) is 17.4. The number of aliphatic hydroxyl groups is 1. The lowest BCUT2D eigenvalue weighted by Gasteiger charge is -2.20. The third-order valence-corrected chi connectivity index (χ3v) is 3.89. The first-order valence-electron chi connectivity index (χ1n) is 6.96. The highest BCUT2D eigenvalue weighted by molar-refractivity contribution is 6.08. The van der Waals surface area contributed by atoms with Crippen LogP contribution in [0.1, 0.15) is 27.4 Å². The summed E-state index contributed by atoms with van der Waals surface area (Å²) in [5.41, 5.74) is -0.219. The Hall–Kier alpha value is -2.41. The number of aromatic nitrogens is 1. The van der Waals surface area contributed by atoms with Gasteiger partial charge in [-0.3, -0.25) is 9.78 Å². The lowest BCUT2D eigenvalue weighted by molar-refractivity contribution is -0.138. The number of hydrogen-bond donors (Lipinski definition) is 1. The van der Waals surface area contributed by atoms with E-state index in [9.17, 15) is 23.1 Å². The number of para-hydroxylation sites is 1. The maximum atomic E-state index is 13.1. The number of rotatable bonds is 2. The Bertz CT molecular complexity index is 746. The number of pyridine rings is 1. The van der Waals surface area contributed by atoms with Gasteiger partial charge in [-0.25, -0.2) is 0 Å². The topological polar surface area (TPSA) is 53.4 Å². The van der Waals surface area contributed by atoms with Crippen LogP contribution in [0.5, 0.6) is 0 Å². The lowest BCUT2D eigenvalue weighted by Crippen LogP contribution is -2.32. The molecule has 0 saturated heterocycles. The molecule has 2 aromatic rings. The van der Waals surface area contributed by atoms with Crippen LogP contribution in [-0.2, 0) is 6.18 Å². The first kappa shape index (κ1) is 15.5. The van der Waals surface area contributed by atoms with Crippen molar-refractivity contribution in [1.29, 1.82) is 0 Å². The standard InChI is InChI=1S/C16H13F3N2O2/c17-16(18,19)13-7-20-6-5-12(13)15(23)21-8-10(9-22)11-3-1-2-4-14(11)21/h1-7,10,22H,8-9H2. The van der Waals surface area contributed by atoms with Gasteiger partial charge in [0.25, 0.3) is 5.91 Å². The molecule has 1 aliphatic rings. The van der Waals surface area contributed by atoms with Crippen molar-refractivity contribution in [2.75, 3.05) is 18.1 Å². The number of nitrogens with zero attached hydrogens (tertiary/aromatic N) is 2. The van der Waals surface area contributed by atoms with Gasteiger partial charge < -0.3 is 10.0 Å². The van der Waals surface area contributed by atoms with Crippen molar-refractivity contribution in [2.24, 2.45) is 0 Å². The molecule has 2 heterocycles. The van der Waals surface area contributed by atoms with Gasteiger partial charge in [0, 0.05) is 30.5 Å². The Labute approximate surface area is 130 Å². The SMILES string of the molecule is O=C(c1ccncc1C(F)(F)F)N1CC(CO)c2ccccc21. The maximum absolute atomic E-state index is 13.1. The van der Waals surface area contributed by atoms with E-state index < -0.39 is 23.2 Å². The molecule has 4 nitrogen and oxygen atoms in total. The summed E-state index contributed by atoms with van der Waals surface area (Å²) in [6.45, 7) is -0.0302. The number of hydrogen-bond acceptors (Lipinski definition) is 3. The minimum atomic E-state index is -4.66. The van der Waals surface area contributed by atoms with Crippen LogP contribution >= 0.6 is 0 Å². The largest absolute Gasteiger partial charge is 0.418 e. The van der Waals surface area contributed by atoms with Gasteiger partial charge >= 0.3 is 6.18 Å². The van der Waals surface area contributed by atoms with Gasteiger partial charge in [0.15, 0.2) is 0 Å². The molecule has 0 radical (unpaired) electrons. The fraction of sp³-hybridized carbons (Fsp3) is 0.250. The molecule has 120 valence electrons. The molecule has 0 bridgehead atoms. The fourth-order valence-electron chi connectivity index (χ4n) is 2.80. The van der Waals surface area contributed by atoms with Crippen LogP contribution in [0.4, 0.5) is 18.9 Å². The smallest absolute Gasteiger partial charge is 0.396 e. The quantitative estimate of drug-likeness (QED) is 0.925. The summed E-state index contributed by atoms with van der Waals surface area (Å²) in [6, 6.07) is 7.97. The Morgan fingerprint density at radius 2 is 2.04 bits per heavy atom. The van der Waals surface area contributed by atoms with E-state index in [0.29, 0.717) is 11.9 Å². The second-order valence-corrected chi connectivity index (χ2v) is 5.27. The molecule has 23 heavy (non-hydrogen) atoms. The molecule has 1 atom stereocenters. The van der Waals surface area contributed by atoms with Gasteiger partial charge in [-0.05, 0) is 17.7 Å². The fourth-order valence-corrected chi connectivity index (χ4v) is 2.80. The van der Waals surface area contributed by atoms with E-state index in [-0.39, 0.29) is 19.1 Å². The maximum Gasteiger partial charge on any atom is 0.418 e. The molecule has 1 unspecified atom stereocenters. The Kier molecular flexibility index (Phi) is 3.81. The van der Waals surface area contributed by atoms with Crippen molar-refractivity contribution >= 4 is 11.6 Å². The normalized spacial score (nSPS) is 17.2. The van der Waals surface area contributed by atoms with Gasteiger partial charge in [-0.15, -0.1) is 0 Å². The van der Waals surface area contributed by atoms with E-state index in [2.05, 4.69) is 4.98 Å². The molecule has 0 spiro atoms. The molecule has 0 saturated carbocycles. The van der Waals surface area contributed by atoms with Crippen LogP contribution in [0.3, 0.4) is 0 Å². The molecule has 1 aliphatic heterocycles. The third-order valence-electron chi connectivity index (χ3n) is 3.89. The number of benzene rings is 1. The zero-order valence-electron chi connectivity index (χ0n) is 11.9. The molecule has 1 aromatic heterocycles. The first-order chi connectivity index (χ1) is 10.9. The summed E-state index contributed by atoms with van der Waals surface area (Å²) in [7, 11) is 0. The summed E-state index contributed by atoms with van der Waals surface area (Å²) >= 11 is 0. The van der Waals surface area contributed by atoms with E-state index in [1.165, 1.54) is 4.90 Å². The molecule has 3 rings (SSSR count). The molecule has 1 amide bonds. The van der Waals surface area contributed by atoms with Crippen LogP contribution in [0, 0.1) is 0 Å². The number of amides is 1. The average molecular weight is 322 g/mol. The highest BCUT2D eigenvalue weighted by atomic mass is 19.4. The van der Waals surface area contributed by atoms with Crippen LogP contribution < -0.4 is 4.90 Å². The monoisotopic (exact) mass is 322 g/mol. The zero-order chi connectivity index (χ0) is 16.6. The van der Waals surface area contributed by atoms with Gasteiger partial charge in [-0.2, -0.15) is 13.2 Å². The number of halogens is 3. The van der Waals surface area contributed by atoms with Gasteiger partial charge in [-0.1, -0.05) is 18.2 Å². The predicted molar refractivity (Wildman–Crippen MR) is 77.2 cm³/mol. The van der Waals surface area contributed by atoms with E-state index in [1.54, 1.807) is 24.3 Å². The molecule has 1 N–H and O–H groups in total. The Morgan fingerprint density at radius 1 is 1.30 bits per heavy atom. The summed E-state index contributed by atoms with van der Waals surface area (Å²) < 4.78 is 39.3. The molecule has 7 heteroatoms. The minimum absolute atomic E-state index is 0.147. The highest BCUT2D eigenvalue weighted by Crippen LogP contribution is 2.38. The highest BCUT2D eigenvalue weighted by Gasteiger charge is 2.39. The number of anilines is 1. The molecule has 0 aliphatic carbocycles. The van der Waals surface area contributed by atoms with Crippen molar-refractivity contribution in [3.63, 3.8) is 0 Å². The first-order valence-corrected chi connectivity index (χ1v) is 6.96. The number of carbonyl (C=O) groups excluding carboxylic acids is 1. The number of carbonyl (C=O) groups is 1. The van der Waals surface area contributed by atoms with Crippen LogP contribution in [-0.4, -0.2) is 29.1 Å². The molecule has 1 aromatic carbocycles. The number of alkyl halides is 3. The Balaban J connectivity index is 2.03. The van der Waals surface area contributed by atoms with Crippen molar-refractivity contribution in [2.45, 2.75) is 12.1 Å². The second kappa shape index (κ2) is 5.66. The van der Waals surface area contributed by atoms with Gasteiger partial charge in [0.2, 0.25) is 0 Å². The molecular weight excluding hydrogens is 309 g/mol. The number of fused-ring (bicyclic) bond motifs is 1. The van der Waals surface area contributed by atoms with Crippen molar-refractivity contribution in [1.82, 2.24) is 4.98 Å². The van der Waals surface area contributed by atoms with Crippen LogP contribution in [0.2, 0.25) is 0 Å². The molecular formula is C16H13F3N2O2. The second-order valence-electron chi connectivity index (χ2n) is 5.27. The van der Waals surface area contributed by atoms with Gasteiger partial charge in [0.05, 0.1) is 17.7 Å². The third kappa shape index (κ3) is 2.68. The summed E-state index contributed by atoms with van der Waals surface area (Å²) in [5.74, 6) is -1.05. The van der Waals surface area contributed by atoms with Gasteiger partial charge in [0.1, 0.15) is 0 Å². The van der Waals surface area contributed by atoms with E-state index >= 15 is 0 Å².